The topological polar surface area (TPSA) is 89.0 Å². The van der Waals surface area contributed by atoms with Crippen molar-refractivity contribution in [2.75, 3.05) is 18.6 Å². The van der Waals surface area contributed by atoms with Gasteiger partial charge in [-0.1, -0.05) is 67.1 Å². The van der Waals surface area contributed by atoms with Gasteiger partial charge in [0, 0.05) is 5.56 Å². The van der Waals surface area contributed by atoms with Gasteiger partial charge >= 0.3 is 5.91 Å². The molecule has 2 heterocycles. The van der Waals surface area contributed by atoms with E-state index in [1.165, 1.54) is 16.2 Å². The quantitative estimate of drug-likeness (QED) is 0.152. The summed E-state index contributed by atoms with van der Waals surface area (Å²) < 4.78 is 12.1. The maximum atomic E-state index is 13.6. The average molecular weight is 543 g/mol. The van der Waals surface area contributed by atoms with Crippen molar-refractivity contribution in [3.63, 3.8) is 0 Å². The summed E-state index contributed by atoms with van der Waals surface area (Å²) in [5.41, 5.74) is 2.81. The van der Waals surface area contributed by atoms with Crippen LogP contribution in [0.25, 0.3) is 16.0 Å². The lowest BCUT2D eigenvalue weighted by Gasteiger charge is -2.23. The number of hydrogen-bond acceptors (Lipinski definition) is 7. The van der Waals surface area contributed by atoms with E-state index in [9.17, 15) is 14.7 Å². The van der Waals surface area contributed by atoms with E-state index in [2.05, 4.69) is 18.8 Å². The van der Waals surface area contributed by atoms with Crippen LogP contribution in [0.5, 0.6) is 11.5 Å². The number of aryl methyl sites for hydroxylation is 1. The third-order valence-electron chi connectivity index (χ3n) is 6.70. The van der Waals surface area contributed by atoms with Crippen LogP contribution in [0.2, 0.25) is 0 Å². The van der Waals surface area contributed by atoms with Crippen molar-refractivity contribution in [3.8, 4) is 11.5 Å². The molecule has 4 aromatic rings. The molecule has 5 rings (SSSR count). The fourth-order valence-corrected chi connectivity index (χ4v) is 5.54. The number of benzene rings is 3. The Kier molecular flexibility index (Phi) is 7.39. The van der Waals surface area contributed by atoms with Crippen LogP contribution < -0.4 is 14.4 Å². The van der Waals surface area contributed by atoms with E-state index in [0.29, 0.717) is 45.8 Å². The Balaban J connectivity index is 1.65. The number of thiazole rings is 1. The highest BCUT2D eigenvalue weighted by Crippen LogP contribution is 2.45. The molecule has 8 heteroatoms. The largest absolute Gasteiger partial charge is 0.507 e. The van der Waals surface area contributed by atoms with Crippen LogP contribution in [-0.4, -0.2) is 35.5 Å². The second-order valence-corrected chi connectivity index (χ2v) is 11.0. The number of nitrogens with zero attached hydrogens (tertiary/aromatic N) is 2. The molecule has 0 saturated carbocycles. The number of hydrogen-bond donors (Lipinski definition) is 1. The first-order valence-corrected chi connectivity index (χ1v) is 13.6. The number of carbonyl (C=O) groups excluding carboxylic acids is 2. The zero-order valence-corrected chi connectivity index (χ0v) is 23.1. The number of aromatic nitrogens is 1. The summed E-state index contributed by atoms with van der Waals surface area (Å²) in [6.07, 6.45) is 0.894. The molecule has 0 bridgehead atoms. The van der Waals surface area contributed by atoms with Gasteiger partial charge in [-0.2, -0.15) is 0 Å². The lowest BCUT2D eigenvalue weighted by molar-refractivity contribution is -0.132. The number of amides is 1. The lowest BCUT2D eigenvalue weighted by atomic mass is 9.95. The second-order valence-electron chi connectivity index (χ2n) is 9.97. The fraction of sp³-hybridized carbons (Fsp3) is 0.258. The van der Waals surface area contributed by atoms with Crippen LogP contribution in [0.15, 0.2) is 72.3 Å². The van der Waals surface area contributed by atoms with Crippen molar-refractivity contribution in [3.05, 3.63) is 89.0 Å². The highest BCUT2D eigenvalue weighted by Gasteiger charge is 2.48. The van der Waals surface area contributed by atoms with Crippen molar-refractivity contribution < 1.29 is 24.2 Å². The fourth-order valence-electron chi connectivity index (χ4n) is 4.52. The summed E-state index contributed by atoms with van der Waals surface area (Å²) >= 11 is 1.29. The van der Waals surface area contributed by atoms with Crippen LogP contribution in [0, 0.1) is 12.8 Å². The van der Waals surface area contributed by atoms with Crippen LogP contribution in [0.3, 0.4) is 0 Å². The number of aliphatic hydroxyl groups excluding tert-OH is 1. The summed E-state index contributed by atoms with van der Waals surface area (Å²) in [4.78, 5) is 33.1. The maximum absolute atomic E-state index is 13.6. The molecule has 3 aromatic carbocycles. The molecule has 7 nitrogen and oxygen atoms in total. The second kappa shape index (κ2) is 10.9. The van der Waals surface area contributed by atoms with Crippen molar-refractivity contribution in [2.45, 2.75) is 33.2 Å². The van der Waals surface area contributed by atoms with Gasteiger partial charge in [-0.3, -0.25) is 14.5 Å². The Hall–Kier alpha value is -4.17. The van der Waals surface area contributed by atoms with Crippen molar-refractivity contribution in [1.82, 2.24) is 4.98 Å². The van der Waals surface area contributed by atoms with E-state index in [-0.39, 0.29) is 11.3 Å². The van der Waals surface area contributed by atoms with Crippen LogP contribution in [0.1, 0.15) is 43.0 Å². The molecule has 1 amide bonds. The smallest absolute Gasteiger partial charge is 0.301 e. The molecule has 39 heavy (non-hydrogen) atoms. The Bertz CT molecular complexity index is 1570. The number of rotatable bonds is 8. The van der Waals surface area contributed by atoms with E-state index in [0.717, 1.165) is 16.7 Å². The van der Waals surface area contributed by atoms with Gasteiger partial charge < -0.3 is 14.6 Å². The van der Waals surface area contributed by atoms with Crippen LogP contribution in [-0.2, 0) is 9.59 Å². The first-order chi connectivity index (χ1) is 18.8. The first-order valence-electron chi connectivity index (χ1n) is 12.8. The van der Waals surface area contributed by atoms with E-state index in [4.69, 9.17) is 9.47 Å². The maximum Gasteiger partial charge on any atom is 0.301 e. The van der Waals surface area contributed by atoms with E-state index in [1.807, 2.05) is 55.5 Å². The number of ketones is 1. The highest BCUT2D eigenvalue weighted by atomic mass is 32.1. The third kappa shape index (κ3) is 5.25. The number of methoxy groups -OCH3 is 1. The molecule has 1 saturated heterocycles. The van der Waals surface area contributed by atoms with Gasteiger partial charge in [0.05, 0.1) is 35.5 Å². The standard InChI is InChI=1S/C31H30N2O5S/c1-18(2)14-15-38-23-7-5-6-21(16-23)27-26(28(34)20-10-8-19(3)9-11-20)29(35)30(36)33(27)31-32-24-13-12-22(37-4)17-25(24)39-31/h5-13,16-18,27,34H,14-15H2,1-4H3. The van der Waals surface area contributed by atoms with Gasteiger partial charge in [-0.25, -0.2) is 4.98 Å². The highest BCUT2D eigenvalue weighted by molar-refractivity contribution is 7.22. The van der Waals surface area contributed by atoms with E-state index >= 15 is 0 Å². The number of fused-ring (bicyclic) bond motifs is 1. The van der Waals surface area contributed by atoms with Crippen molar-refractivity contribution >= 4 is 44.1 Å². The van der Waals surface area contributed by atoms with Gasteiger partial charge in [0.2, 0.25) is 0 Å². The molecular weight excluding hydrogens is 512 g/mol. The molecule has 0 aliphatic carbocycles. The van der Waals surface area contributed by atoms with Crippen molar-refractivity contribution in [2.24, 2.45) is 5.92 Å². The molecule has 1 unspecified atom stereocenters. The molecular formula is C31H30N2O5S. The summed E-state index contributed by atoms with van der Waals surface area (Å²) in [6.45, 7) is 6.75. The summed E-state index contributed by atoms with van der Waals surface area (Å²) in [5.74, 6) is 0.0547. The monoisotopic (exact) mass is 542 g/mol. The molecule has 1 fully saturated rings. The van der Waals surface area contributed by atoms with Gasteiger partial charge in [-0.05, 0) is 55.2 Å². The minimum Gasteiger partial charge on any atom is -0.507 e. The number of Topliss-reactive ketones (excluding diaryl/α,β-unsaturated/α-hetero) is 1. The summed E-state index contributed by atoms with van der Waals surface area (Å²) in [5, 5.41) is 11.8. The van der Waals surface area contributed by atoms with Gasteiger partial charge in [-0.15, -0.1) is 0 Å². The Labute approximate surface area is 231 Å². The molecule has 0 spiro atoms. The molecule has 1 N–H and O–H groups in total. The zero-order chi connectivity index (χ0) is 27.7. The zero-order valence-electron chi connectivity index (χ0n) is 22.3. The third-order valence-corrected chi connectivity index (χ3v) is 7.72. The number of carbonyl (C=O) groups is 2. The van der Waals surface area contributed by atoms with Crippen LogP contribution >= 0.6 is 11.3 Å². The Morgan fingerprint density at radius 1 is 1.05 bits per heavy atom. The molecule has 1 aliphatic rings. The number of anilines is 1. The molecule has 1 atom stereocenters. The summed E-state index contributed by atoms with van der Waals surface area (Å²) in [7, 11) is 1.59. The normalized spacial score (nSPS) is 16.8. The number of ether oxygens (including phenoxy) is 2. The molecule has 200 valence electrons. The SMILES string of the molecule is COc1ccc2nc(N3C(=O)C(=O)C(=C(O)c4ccc(C)cc4)C3c3cccc(OCCC(C)C)c3)sc2c1. The number of aliphatic hydroxyl groups is 1. The Morgan fingerprint density at radius 3 is 2.54 bits per heavy atom. The van der Waals surface area contributed by atoms with Crippen molar-refractivity contribution in [1.29, 1.82) is 0 Å². The molecule has 1 aromatic heterocycles. The van der Waals surface area contributed by atoms with Crippen LogP contribution in [0.4, 0.5) is 5.13 Å². The van der Waals surface area contributed by atoms with E-state index in [1.54, 1.807) is 25.3 Å². The molecule has 1 aliphatic heterocycles. The van der Waals surface area contributed by atoms with E-state index < -0.39 is 17.7 Å². The molecule has 0 radical (unpaired) electrons. The Morgan fingerprint density at radius 2 is 1.82 bits per heavy atom. The predicted molar refractivity (Wildman–Crippen MR) is 154 cm³/mol. The van der Waals surface area contributed by atoms with Gasteiger partial charge in [0.1, 0.15) is 17.3 Å². The summed E-state index contributed by atoms with van der Waals surface area (Å²) in [6, 6.07) is 19.1. The minimum atomic E-state index is -0.887. The average Bonchev–Trinajstić information content (AvgIpc) is 3.46. The van der Waals surface area contributed by atoms with Gasteiger partial charge in [0.25, 0.3) is 5.78 Å². The minimum absolute atomic E-state index is 0.0139. The lowest BCUT2D eigenvalue weighted by Crippen LogP contribution is -2.29. The predicted octanol–water partition coefficient (Wildman–Crippen LogP) is 6.66. The first kappa shape index (κ1) is 26.4. The van der Waals surface area contributed by atoms with Gasteiger partial charge in [0.15, 0.2) is 5.13 Å².